The van der Waals surface area contributed by atoms with Crippen LogP contribution in [0.1, 0.15) is 25.5 Å². The first-order chi connectivity index (χ1) is 11.3. The van der Waals surface area contributed by atoms with Crippen molar-refractivity contribution in [3.05, 3.63) is 17.0 Å². The lowest BCUT2D eigenvalue weighted by Gasteiger charge is -2.53. The summed E-state index contributed by atoms with van der Waals surface area (Å²) in [7, 11) is 0. The number of anilines is 1. The van der Waals surface area contributed by atoms with Crippen LogP contribution in [0.15, 0.2) is 6.07 Å². The molecule has 132 valence electrons. The summed E-state index contributed by atoms with van der Waals surface area (Å²) >= 11 is 5.65. The number of fused-ring (bicyclic) bond motifs is 2. The molecule has 2 saturated heterocycles. The molecule has 2 aliphatic heterocycles. The van der Waals surface area contributed by atoms with Crippen LogP contribution in [0, 0.1) is 17.8 Å². The first kappa shape index (κ1) is 17.3. The molecule has 0 spiro atoms. The highest BCUT2D eigenvalue weighted by molar-refractivity contribution is 6.28. The van der Waals surface area contributed by atoms with Crippen molar-refractivity contribution in [2.75, 3.05) is 24.6 Å². The molecule has 0 aromatic carbocycles. The molecule has 1 aromatic rings. The van der Waals surface area contributed by atoms with Gasteiger partial charge in [0.2, 0.25) is 5.28 Å². The molecule has 0 N–H and O–H groups in total. The van der Waals surface area contributed by atoms with E-state index in [4.69, 9.17) is 16.3 Å². The molecule has 4 rings (SSSR count). The Balaban J connectivity index is 1.70. The number of carbonyl (C=O) groups excluding carboxylic acids is 1. The number of esters is 1. The predicted octanol–water partition coefficient (Wildman–Crippen LogP) is 3.17. The zero-order valence-corrected chi connectivity index (χ0v) is 13.8. The molecular formula is C15H17ClF3N3O2. The van der Waals surface area contributed by atoms with E-state index in [1.165, 1.54) is 0 Å². The maximum absolute atomic E-state index is 12.9. The van der Waals surface area contributed by atoms with Crippen LogP contribution >= 0.6 is 11.6 Å². The molecule has 9 heteroatoms. The Hall–Kier alpha value is -1.57. The van der Waals surface area contributed by atoms with Crippen LogP contribution in [-0.4, -0.2) is 35.6 Å². The molecule has 1 aromatic heterocycles. The fourth-order valence-corrected chi connectivity index (χ4v) is 3.81. The zero-order valence-electron chi connectivity index (χ0n) is 13.0. The first-order valence-electron chi connectivity index (χ1n) is 7.80. The summed E-state index contributed by atoms with van der Waals surface area (Å²) in [6, 6.07) is 0.928. The fourth-order valence-electron chi connectivity index (χ4n) is 3.63. The van der Waals surface area contributed by atoms with Gasteiger partial charge in [0.15, 0.2) is 5.69 Å². The van der Waals surface area contributed by atoms with Crippen LogP contribution in [0.4, 0.5) is 19.0 Å². The highest BCUT2D eigenvalue weighted by Gasteiger charge is 2.48. The largest absolute Gasteiger partial charge is 0.466 e. The number of nitrogens with zero attached hydrogens (tertiary/aromatic N) is 3. The highest BCUT2D eigenvalue weighted by atomic mass is 35.5. The van der Waals surface area contributed by atoms with E-state index in [2.05, 4.69) is 9.97 Å². The first-order valence-corrected chi connectivity index (χ1v) is 8.18. The van der Waals surface area contributed by atoms with Crippen molar-refractivity contribution in [1.82, 2.24) is 9.97 Å². The lowest BCUT2D eigenvalue weighted by atomic mass is 9.60. The molecular weight excluding hydrogens is 347 g/mol. The van der Waals surface area contributed by atoms with Gasteiger partial charge in [-0.05, 0) is 42.7 Å². The Morgan fingerprint density at radius 1 is 1.38 bits per heavy atom. The summed E-state index contributed by atoms with van der Waals surface area (Å²) in [5.41, 5.74) is -1.04. The van der Waals surface area contributed by atoms with Crippen molar-refractivity contribution < 1.29 is 22.7 Å². The normalized spacial score (nSPS) is 26.0. The quantitative estimate of drug-likeness (QED) is 0.607. The van der Waals surface area contributed by atoms with Gasteiger partial charge in [0.25, 0.3) is 0 Å². The Bertz CT molecular complexity index is 629. The van der Waals surface area contributed by atoms with E-state index in [1.807, 2.05) is 0 Å². The van der Waals surface area contributed by atoms with E-state index in [-0.39, 0.29) is 29.5 Å². The van der Waals surface area contributed by atoms with Crippen molar-refractivity contribution in [3.63, 3.8) is 0 Å². The van der Waals surface area contributed by atoms with Gasteiger partial charge in [0, 0.05) is 25.6 Å². The van der Waals surface area contributed by atoms with Crippen molar-refractivity contribution in [2.45, 2.75) is 25.9 Å². The summed E-state index contributed by atoms with van der Waals surface area (Å²) in [4.78, 5) is 20.6. The number of halogens is 4. The van der Waals surface area contributed by atoms with Gasteiger partial charge in [-0.15, -0.1) is 0 Å². The summed E-state index contributed by atoms with van der Waals surface area (Å²) in [6.07, 6.45) is -3.21. The highest BCUT2D eigenvalue weighted by Crippen LogP contribution is 2.48. The van der Waals surface area contributed by atoms with Crippen LogP contribution in [0.2, 0.25) is 5.28 Å². The zero-order chi connectivity index (χ0) is 17.5. The van der Waals surface area contributed by atoms with Crippen LogP contribution in [0.5, 0.6) is 0 Å². The molecule has 2 bridgehead atoms. The second-order valence-electron chi connectivity index (χ2n) is 6.21. The molecule has 1 saturated carbocycles. The Kier molecular flexibility index (Phi) is 4.59. The molecule has 3 heterocycles. The molecule has 3 fully saturated rings. The Labute approximate surface area is 142 Å². The summed E-state index contributed by atoms with van der Waals surface area (Å²) < 4.78 is 43.6. The number of rotatable bonds is 4. The maximum Gasteiger partial charge on any atom is 0.433 e. The third kappa shape index (κ3) is 3.43. The molecule has 3 aliphatic rings. The van der Waals surface area contributed by atoms with Crippen LogP contribution in [0.3, 0.4) is 0 Å². The van der Waals surface area contributed by atoms with E-state index >= 15 is 0 Å². The Morgan fingerprint density at radius 3 is 2.62 bits per heavy atom. The van der Waals surface area contributed by atoms with Crippen LogP contribution in [-0.2, 0) is 15.7 Å². The second-order valence-corrected chi connectivity index (χ2v) is 6.55. The van der Waals surface area contributed by atoms with Gasteiger partial charge < -0.3 is 9.64 Å². The van der Waals surface area contributed by atoms with Gasteiger partial charge in [-0.1, -0.05) is 0 Å². The third-order valence-electron chi connectivity index (χ3n) is 4.73. The lowest BCUT2D eigenvalue weighted by Crippen LogP contribution is -2.56. The van der Waals surface area contributed by atoms with Gasteiger partial charge in [0.05, 0.1) is 6.61 Å². The monoisotopic (exact) mass is 363 g/mol. The van der Waals surface area contributed by atoms with Gasteiger partial charge in [-0.3, -0.25) is 4.79 Å². The van der Waals surface area contributed by atoms with E-state index in [0.717, 1.165) is 12.5 Å². The average Bonchev–Trinajstić information content (AvgIpc) is 2.51. The lowest BCUT2D eigenvalue weighted by molar-refractivity contribution is -0.147. The molecule has 2 unspecified atom stereocenters. The second kappa shape index (κ2) is 6.38. The number of alkyl halides is 3. The smallest absolute Gasteiger partial charge is 0.433 e. The minimum atomic E-state index is -4.56. The molecule has 0 amide bonds. The van der Waals surface area contributed by atoms with Crippen LogP contribution in [0.25, 0.3) is 0 Å². The topological polar surface area (TPSA) is 55.3 Å². The molecule has 1 aliphatic carbocycles. The van der Waals surface area contributed by atoms with Crippen molar-refractivity contribution >= 4 is 23.4 Å². The minimum Gasteiger partial charge on any atom is -0.466 e. The standard InChI is InChI=1S/C15H17ClF3N3O2/c1-2-24-13(23)4-10-8-3-9(10)7-22(6-8)12-5-11(15(17,18)19)20-14(16)21-12/h5,8-10H,2-4,6-7H2,1H3. The molecule has 2 atom stereocenters. The van der Waals surface area contributed by atoms with E-state index in [0.29, 0.717) is 26.1 Å². The Morgan fingerprint density at radius 2 is 2.04 bits per heavy atom. The molecule has 24 heavy (non-hydrogen) atoms. The maximum atomic E-state index is 12.9. The van der Waals surface area contributed by atoms with Crippen molar-refractivity contribution in [3.8, 4) is 0 Å². The third-order valence-corrected chi connectivity index (χ3v) is 4.90. The average molecular weight is 364 g/mol. The number of piperidine rings is 2. The van der Waals surface area contributed by atoms with Crippen LogP contribution < -0.4 is 4.90 Å². The molecule has 5 nitrogen and oxygen atoms in total. The summed E-state index contributed by atoms with van der Waals surface area (Å²) in [5.74, 6) is 0.730. The number of carbonyl (C=O) groups is 1. The number of hydrogen-bond acceptors (Lipinski definition) is 5. The summed E-state index contributed by atoms with van der Waals surface area (Å²) in [6.45, 7) is 3.24. The van der Waals surface area contributed by atoms with E-state index in [9.17, 15) is 18.0 Å². The predicted molar refractivity (Wildman–Crippen MR) is 80.6 cm³/mol. The van der Waals surface area contributed by atoms with Gasteiger partial charge in [-0.25, -0.2) is 9.97 Å². The minimum absolute atomic E-state index is 0.187. The fraction of sp³-hybridized carbons (Fsp3) is 0.667. The number of hydrogen-bond donors (Lipinski definition) is 0. The molecule has 0 radical (unpaired) electrons. The van der Waals surface area contributed by atoms with Crippen molar-refractivity contribution in [2.24, 2.45) is 17.8 Å². The number of ether oxygens (including phenoxy) is 1. The van der Waals surface area contributed by atoms with Gasteiger partial charge in [-0.2, -0.15) is 13.2 Å². The van der Waals surface area contributed by atoms with E-state index < -0.39 is 17.2 Å². The van der Waals surface area contributed by atoms with Crippen molar-refractivity contribution in [1.29, 1.82) is 0 Å². The SMILES string of the molecule is CCOC(=O)CC1C2CC1CN(c1cc(C(F)(F)F)nc(Cl)n1)C2. The van der Waals surface area contributed by atoms with Gasteiger partial charge in [0.1, 0.15) is 5.82 Å². The van der Waals surface area contributed by atoms with E-state index in [1.54, 1.807) is 11.8 Å². The summed E-state index contributed by atoms with van der Waals surface area (Å²) in [5, 5.41) is -0.415. The number of aromatic nitrogens is 2. The van der Waals surface area contributed by atoms with Gasteiger partial charge >= 0.3 is 12.1 Å².